The fourth-order valence-electron chi connectivity index (χ4n) is 1.78. The number of hydrogen-bond donors (Lipinski definition) is 3. The lowest BCUT2D eigenvalue weighted by Gasteiger charge is -1.95. The zero-order chi connectivity index (χ0) is 14.7. The predicted molar refractivity (Wildman–Crippen MR) is 77.9 cm³/mol. The molecule has 1 heterocycles. The van der Waals surface area contributed by atoms with Crippen LogP contribution in [0.3, 0.4) is 0 Å². The van der Waals surface area contributed by atoms with E-state index in [1.165, 1.54) is 12.1 Å². The molecule has 1 aromatic heterocycles. The summed E-state index contributed by atoms with van der Waals surface area (Å²) in [5.74, 6) is 0.310. The van der Waals surface area contributed by atoms with Crippen LogP contribution >= 0.6 is 0 Å². The van der Waals surface area contributed by atoms with Crippen molar-refractivity contribution in [1.82, 2.24) is 9.97 Å². The summed E-state index contributed by atoms with van der Waals surface area (Å²) in [7, 11) is 0. The average Bonchev–Trinajstić information content (AvgIpc) is 2.37. The molecule has 0 bridgehead atoms. The molecule has 0 aliphatic heterocycles. The van der Waals surface area contributed by atoms with Gasteiger partial charge in [0.2, 0.25) is 0 Å². The van der Waals surface area contributed by atoms with E-state index in [9.17, 15) is 14.7 Å². The second-order valence-corrected chi connectivity index (χ2v) is 4.88. The van der Waals surface area contributed by atoms with E-state index in [4.69, 9.17) is 0 Å². The van der Waals surface area contributed by atoms with Crippen molar-refractivity contribution < 1.29 is 5.11 Å². The Labute approximate surface area is 114 Å². The number of nitrogens with one attached hydrogen (secondary N) is 2. The lowest BCUT2D eigenvalue weighted by atomic mass is 10.2. The van der Waals surface area contributed by atoms with Crippen LogP contribution in [0.5, 0.6) is 5.75 Å². The maximum Gasteiger partial charge on any atom is 0.272 e. The van der Waals surface area contributed by atoms with Crippen LogP contribution in [-0.4, -0.2) is 15.1 Å². The van der Waals surface area contributed by atoms with Gasteiger partial charge in [0.15, 0.2) is 0 Å². The maximum absolute atomic E-state index is 11.9. The van der Waals surface area contributed by atoms with Gasteiger partial charge in [-0.05, 0) is 29.7 Å². The van der Waals surface area contributed by atoms with Crippen molar-refractivity contribution in [3.8, 4) is 5.75 Å². The summed E-state index contributed by atoms with van der Waals surface area (Å²) in [5, 5.41) is 9.65. The predicted octanol–water partition coefficient (Wildman–Crippen LogP) is 0.0341. The van der Waals surface area contributed by atoms with Gasteiger partial charge >= 0.3 is 0 Å². The summed E-state index contributed by atoms with van der Waals surface area (Å²) >= 11 is 0. The van der Waals surface area contributed by atoms with Crippen LogP contribution in [0.25, 0.3) is 12.2 Å². The number of aromatic hydroxyl groups is 1. The number of rotatable bonds is 2. The molecule has 0 aliphatic carbocycles. The zero-order valence-electron chi connectivity index (χ0n) is 11.3. The van der Waals surface area contributed by atoms with Gasteiger partial charge in [0.25, 0.3) is 11.1 Å². The minimum atomic E-state index is -0.357. The van der Waals surface area contributed by atoms with Crippen molar-refractivity contribution in [2.45, 2.75) is 13.8 Å². The third kappa shape index (κ3) is 3.26. The van der Waals surface area contributed by atoms with Crippen molar-refractivity contribution in [3.63, 3.8) is 0 Å². The molecule has 1 aromatic carbocycles. The molecule has 2 aromatic rings. The van der Waals surface area contributed by atoms with E-state index in [0.29, 0.717) is 5.56 Å². The molecule has 3 N–H and O–H groups in total. The highest BCUT2D eigenvalue weighted by Gasteiger charge is 1.97. The lowest BCUT2D eigenvalue weighted by Crippen LogP contribution is -2.47. The third-order valence-electron chi connectivity index (χ3n) is 2.69. The molecule has 0 radical (unpaired) electrons. The number of aromatic amines is 2. The fourth-order valence-corrected chi connectivity index (χ4v) is 1.78. The second kappa shape index (κ2) is 5.61. The zero-order valence-corrected chi connectivity index (χ0v) is 11.3. The Bertz CT molecular complexity index is 827. The highest BCUT2D eigenvalue weighted by molar-refractivity contribution is 5.49. The first-order valence-electron chi connectivity index (χ1n) is 6.31. The van der Waals surface area contributed by atoms with Gasteiger partial charge in [-0.25, -0.2) is 0 Å². The highest BCUT2D eigenvalue weighted by Crippen LogP contribution is 2.09. The van der Waals surface area contributed by atoms with Crippen molar-refractivity contribution in [1.29, 1.82) is 0 Å². The number of hydrogen-bond acceptors (Lipinski definition) is 3. The summed E-state index contributed by atoms with van der Waals surface area (Å²) in [6.07, 6.45) is 3.25. The van der Waals surface area contributed by atoms with Crippen LogP contribution in [0, 0.1) is 5.92 Å². The number of aromatic nitrogens is 2. The largest absolute Gasteiger partial charge is 0.508 e. The minimum absolute atomic E-state index is 0.145. The molecule has 5 heteroatoms. The van der Waals surface area contributed by atoms with Crippen molar-refractivity contribution in [2.75, 3.05) is 0 Å². The molecule has 0 saturated heterocycles. The minimum Gasteiger partial charge on any atom is -0.508 e. The summed E-state index contributed by atoms with van der Waals surface area (Å²) in [5.41, 5.74) is 0.0254. The van der Waals surface area contributed by atoms with Gasteiger partial charge in [-0.3, -0.25) is 9.59 Å². The highest BCUT2D eigenvalue weighted by atomic mass is 16.3. The van der Waals surface area contributed by atoms with Crippen LogP contribution in [0.2, 0.25) is 0 Å². The average molecular weight is 272 g/mol. The van der Waals surface area contributed by atoms with Crippen molar-refractivity contribution >= 4 is 12.2 Å². The Morgan fingerprint density at radius 2 is 1.55 bits per heavy atom. The summed E-state index contributed by atoms with van der Waals surface area (Å²) in [6.45, 7) is 3.85. The Hall–Kier alpha value is -2.56. The molecule has 0 unspecified atom stereocenters. The number of phenols is 1. The Morgan fingerprint density at radius 1 is 1.00 bits per heavy atom. The SMILES string of the molecule is CC(C)/C=c1\[nH]c(=O)/c(=C/c2ccc(O)cc2)[nH]c1=O. The van der Waals surface area contributed by atoms with E-state index in [-0.39, 0.29) is 33.5 Å². The first-order chi connectivity index (χ1) is 9.45. The van der Waals surface area contributed by atoms with E-state index in [2.05, 4.69) is 9.97 Å². The fraction of sp³-hybridized carbons (Fsp3) is 0.200. The van der Waals surface area contributed by atoms with Gasteiger partial charge in [-0.1, -0.05) is 32.1 Å². The van der Waals surface area contributed by atoms with Crippen molar-refractivity contribution in [3.05, 3.63) is 61.2 Å². The number of benzene rings is 1. The normalized spacial score (nSPS) is 13.2. The summed E-state index contributed by atoms with van der Waals surface area (Å²) in [6, 6.07) is 6.33. The Balaban J connectivity index is 2.60. The molecule has 0 amide bonds. The van der Waals surface area contributed by atoms with E-state index >= 15 is 0 Å². The Kier molecular flexibility index (Phi) is 3.89. The summed E-state index contributed by atoms with van der Waals surface area (Å²) in [4.78, 5) is 28.9. The van der Waals surface area contributed by atoms with E-state index < -0.39 is 0 Å². The molecular formula is C15H16N2O3. The van der Waals surface area contributed by atoms with E-state index in [1.54, 1.807) is 24.3 Å². The third-order valence-corrected chi connectivity index (χ3v) is 2.69. The maximum atomic E-state index is 11.9. The molecule has 0 fully saturated rings. The smallest absolute Gasteiger partial charge is 0.272 e. The summed E-state index contributed by atoms with van der Waals surface area (Å²) < 4.78 is 0. The molecule has 5 nitrogen and oxygen atoms in total. The molecule has 2 rings (SSSR count). The van der Waals surface area contributed by atoms with E-state index in [0.717, 1.165) is 0 Å². The quantitative estimate of drug-likeness (QED) is 0.721. The molecule has 0 saturated carbocycles. The van der Waals surface area contributed by atoms with Gasteiger partial charge < -0.3 is 15.1 Å². The Morgan fingerprint density at radius 3 is 2.15 bits per heavy atom. The monoisotopic (exact) mass is 272 g/mol. The van der Waals surface area contributed by atoms with Gasteiger partial charge in [0.1, 0.15) is 16.4 Å². The van der Waals surface area contributed by atoms with Gasteiger partial charge in [-0.2, -0.15) is 0 Å². The molecular weight excluding hydrogens is 256 g/mol. The first-order valence-corrected chi connectivity index (χ1v) is 6.31. The van der Waals surface area contributed by atoms with Gasteiger partial charge in [0.05, 0.1) is 0 Å². The van der Waals surface area contributed by atoms with Gasteiger partial charge in [0, 0.05) is 0 Å². The van der Waals surface area contributed by atoms with Crippen LogP contribution < -0.4 is 21.8 Å². The van der Waals surface area contributed by atoms with Crippen LogP contribution in [0.4, 0.5) is 0 Å². The molecule has 0 atom stereocenters. The van der Waals surface area contributed by atoms with Gasteiger partial charge in [-0.15, -0.1) is 0 Å². The molecule has 104 valence electrons. The second-order valence-electron chi connectivity index (χ2n) is 4.88. The standard InChI is InChI=1S/C15H16N2O3/c1-9(2)7-12-14(19)17-13(15(20)16-12)8-10-3-5-11(18)6-4-10/h3-9,18H,1-2H3,(H,16,20)(H,17,19)/b12-7-,13-8-. The molecule has 0 aliphatic rings. The van der Waals surface area contributed by atoms with Crippen LogP contribution in [0.15, 0.2) is 33.9 Å². The molecule has 0 spiro atoms. The number of H-pyrrole nitrogens is 2. The topological polar surface area (TPSA) is 85.9 Å². The molecule has 20 heavy (non-hydrogen) atoms. The van der Waals surface area contributed by atoms with Crippen LogP contribution in [-0.2, 0) is 0 Å². The number of phenolic OH excluding ortho intramolecular Hbond substituents is 1. The lowest BCUT2D eigenvalue weighted by molar-refractivity contribution is 0.475. The van der Waals surface area contributed by atoms with Crippen molar-refractivity contribution in [2.24, 2.45) is 5.92 Å². The first kappa shape index (κ1) is 13.9. The van der Waals surface area contributed by atoms with Crippen LogP contribution in [0.1, 0.15) is 19.4 Å². The van der Waals surface area contributed by atoms with E-state index in [1.807, 2.05) is 13.8 Å².